The normalized spacial score (nSPS) is 19.8. The lowest BCUT2D eigenvalue weighted by atomic mass is 9.73. The van der Waals surface area contributed by atoms with E-state index in [0.29, 0.717) is 57.3 Å². The van der Waals surface area contributed by atoms with Crippen LogP contribution in [0.5, 0.6) is 0 Å². The fraction of sp³-hybridized carbons (Fsp3) is 0.143. The number of ketones is 1. The van der Waals surface area contributed by atoms with Crippen LogP contribution in [-0.4, -0.2) is 16.7 Å². The van der Waals surface area contributed by atoms with Crippen molar-refractivity contribution in [3.05, 3.63) is 117 Å². The summed E-state index contributed by atoms with van der Waals surface area (Å²) in [6.07, 6.45) is 1.77. The summed E-state index contributed by atoms with van der Waals surface area (Å²) in [5.41, 5.74) is 3.70. The van der Waals surface area contributed by atoms with Gasteiger partial charge in [-0.15, -0.1) is 0 Å². The fourth-order valence-electron chi connectivity index (χ4n) is 4.84. The topological polar surface area (TPSA) is 64.4 Å². The number of nitrogens with zero attached hydrogens (tertiary/aromatic N) is 1. The van der Waals surface area contributed by atoms with E-state index in [2.05, 4.69) is 0 Å². The van der Waals surface area contributed by atoms with E-state index < -0.39 is 5.92 Å². The Morgan fingerprint density at radius 3 is 2.29 bits per heavy atom. The minimum Gasteiger partial charge on any atom is -0.507 e. The van der Waals surface area contributed by atoms with E-state index in [1.807, 2.05) is 48.5 Å². The zero-order chi connectivity index (χ0) is 23.8. The number of amidine groups is 1. The van der Waals surface area contributed by atoms with Crippen molar-refractivity contribution in [3.8, 4) is 0 Å². The number of nitrogens with one attached hydrogen (secondary N) is 1. The maximum atomic E-state index is 13.4. The minimum absolute atomic E-state index is 0.0102. The van der Waals surface area contributed by atoms with E-state index in [0.717, 1.165) is 5.70 Å². The molecule has 5 rings (SSSR count). The largest absolute Gasteiger partial charge is 0.507 e. The van der Waals surface area contributed by atoms with Crippen LogP contribution in [0.25, 0.3) is 5.76 Å². The number of benzene rings is 3. The second-order valence-electron chi connectivity index (χ2n) is 8.38. The molecule has 6 heteroatoms. The Hall–Kier alpha value is -3.34. The summed E-state index contributed by atoms with van der Waals surface area (Å²) >= 11 is 12.8. The molecular weight excluding hydrogens is 467 g/mol. The number of carbonyl (C=O) groups excluding carboxylic acids is 1. The third-order valence-electron chi connectivity index (χ3n) is 6.36. The average Bonchev–Trinajstić information content (AvgIpc) is 2.85. The molecular formula is C28H22Cl2N2O2. The highest BCUT2D eigenvalue weighted by Gasteiger charge is 2.43. The molecule has 0 spiro atoms. The highest BCUT2D eigenvalue weighted by Crippen LogP contribution is 2.49. The highest BCUT2D eigenvalue weighted by atomic mass is 35.5. The molecule has 0 amide bonds. The van der Waals surface area contributed by atoms with Gasteiger partial charge in [0, 0.05) is 50.5 Å². The molecule has 2 aliphatic rings. The summed E-state index contributed by atoms with van der Waals surface area (Å²) < 4.78 is 0. The molecule has 0 aromatic heterocycles. The van der Waals surface area contributed by atoms with Crippen molar-refractivity contribution in [2.24, 2.45) is 0 Å². The van der Waals surface area contributed by atoms with Crippen LogP contribution < -0.4 is 4.90 Å². The van der Waals surface area contributed by atoms with Gasteiger partial charge in [-0.1, -0.05) is 71.7 Å². The number of halogens is 2. The van der Waals surface area contributed by atoms with E-state index in [9.17, 15) is 15.3 Å². The summed E-state index contributed by atoms with van der Waals surface area (Å²) in [6, 6.07) is 23.6. The minimum atomic E-state index is -0.646. The van der Waals surface area contributed by atoms with Crippen LogP contribution in [0.15, 0.2) is 95.7 Å². The van der Waals surface area contributed by atoms with E-state index in [1.54, 1.807) is 35.2 Å². The van der Waals surface area contributed by atoms with Gasteiger partial charge in [-0.2, -0.15) is 0 Å². The first-order valence-corrected chi connectivity index (χ1v) is 11.9. The lowest BCUT2D eigenvalue weighted by Crippen LogP contribution is -2.42. The van der Waals surface area contributed by atoms with E-state index in [-0.39, 0.29) is 17.4 Å². The second-order valence-corrected chi connectivity index (χ2v) is 9.22. The number of Topliss-reactive ketones (excluding diaryl/α,β-unsaturated/α-hetero) is 1. The molecule has 1 aliphatic carbocycles. The van der Waals surface area contributed by atoms with Gasteiger partial charge in [-0.3, -0.25) is 15.1 Å². The van der Waals surface area contributed by atoms with Crippen molar-refractivity contribution in [3.63, 3.8) is 0 Å². The first-order valence-electron chi connectivity index (χ1n) is 11.1. The van der Waals surface area contributed by atoms with Gasteiger partial charge in [-0.25, -0.2) is 0 Å². The molecule has 0 unspecified atom stereocenters. The van der Waals surface area contributed by atoms with Gasteiger partial charge in [0.1, 0.15) is 11.6 Å². The number of aliphatic hydroxyl groups excluding tert-OH is 1. The maximum absolute atomic E-state index is 13.4. The smallest absolute Gasteiger partial charge is 0.161 e. The van der Waals surface area contributed by atoms with Crippen LogP contribution in [0.4, 0.5) is 5.69 Å². The molecule has 1 atom stereocenters. The van der Waals surface area contributed by atoms with E-state index in [1.165, 1.54) is 0 Å². The molecule has 0 radical (unpaired) electrons. The number of hydrogen-bond acceptors (Lipinski definition) is 3. The molecule has 0 saturated carbocycles. The molecule has 0 bridgehead atoms. The quantitative estimate of drug-likeness (QED) is 0.374. The Morgan fingerprint density at radius 1 is 0.912 bits per heavy atom. The summed E-state index contributed by atoms with van der Waals surface area (Å²) in [5, 5.41) is 21.9. The Labute approximate surface area is 208 Å². The Bertz CT molecular complexity index is 1340. The number of carbonyl (C=O) groups is 1. The predicted octanol–water partition coefficient (Wildman–Crippen LogP) is 7.55. The Balaban J connectivity index is 1.84. The lowest BCUT2D eigenvalue weighted by Gasteiger charge is -2.42. The molecule has 1 aliphatic heterocycles. The van der Waals surface area contributed by atoms with Crippen LogP contribution >= 0.6 is 23.2 Å². The standard InChI is InChI=1S/C28H22Cl2N2O2/c29-18-13-15-19(16-14-18)32-22-11-6-12-23(33)25(22)24(20-9-4-5-10-21(20)30)26(28(32)31)27(34)17-7-2-1-3-8-17/h1-5,7-10,13-16,24,31,34H,6,11-12H2/t24-/m0/s1. The Kier molecular flexibility index (Phi) is 6.03. The molecule has 34 heavy (non-hydrogen) atoms. The van der Waals surface area contributed by atoms with Crippen LogP contribution in [0.2, 0.25) is 10.0 Å². The molecule has 0 saturated heterocycles. The first kappa shape index (κ1) is 22.5. The van der Waals surface area contributed by atoms with Crippen LogP contribution in [0.1, 0.15) is 36.3 Å². The lowest BCUT2D eigenvalue weighted by molar-refractivity contribution is -0.116. The summed E-state index contributed by atoms with van der Waals surface area (Å²) in [5.74, 6) is -0.565. The van der Waals surface area contributed by atoms with Gasteiger partial charge in [0.25, 0.3) is 0 Å². The highest BCUT2D eigenvalue weighted by molar-refractivity contribution is 6.32. The van der Waals surface area contributed by atoms with Crippen molar-refractivity contribution in [1.82, 2.24) is 0 Å². The summed E-state index contributed by atoms with van der Waals surface area (Å²) in [4.78, 5) is 15.2. The van der Waals surface area contributed by atoms with Gasteiger partial charge in [-0.05, 0) is 48.7 Å². The third kappa shape index (κ3) is 3.83. The van der Waals surface area contributed by atoms with Gasteiger partial charge in [0.2, 0.25) is 0 Å². The number of rotatable bonds is 3. The fourth-order valence-corrected chi connectivity index (χ4v) is 5.21. The predicted molar refractivity (Wildman–Crippen MR) is 138 cm³/mol. The number of allylic oxidation sites excluding steroid dienone is 2. The zero-order valence-electron chi connectivity index (χ0n) is 18.3. The van der Waals surface area contributed by atoms with Crippen molar-refractivity contribution in [2.75, 3.05) is 4.90 Å². The van der Waals surface area contributed by atoms with Crippen LogP contribution in [-0.2, 0) is 4.79 Å². The average molecular weight is 489 g/mol. The SMILES string of the molecule is N=C1C(=C(O)c2ccccc2)[C@@H](c2ccccc2Cl)C2=C(CCCC2=O)N1c1ccc(Cl)cc1. The van der Waals surface area contributed by atoms with E-state index >= 15 is 0 Å². The van der Waals surface area contributed by atoms with E-state index in [4.69, 9.17) is 23.2 Å². The van der Waals surface area contributed by atoms with Crippen molar-refractivity contribution in [1.29, 1.82) is 5.41 Å². The van der Waals surface area contributed by atoms with Crippen molar-refractivity contribution in [2.45, 2.75) is 25.2 Å². The first-order chi connectivity index (χ1) is 16.5. The van der Waals surface area contributed by atoms with Crippen molar-refractivity contribution < 1.29 is 9.90 Å². The van der Waals surface area contributed by atoms with Gasteiger partial charge in [0.15, 0.2) is 5.78 Å². The van der Waals surface area contributed by atoms with Gasteiger partial charge >= 0.3 is 0 Å². The Morgan fingerprint density at radius 2 is 1.59 bits per heavy atom. The number of hydrogen-bond donors (Lipinski definition) is 2. The molecule has 4 nitrogen and oxygen atoms in total. The second kappa shape index (κ2) is 9.13. The van der Waals surface area contributed by atoms with Crippen LogP contribution in [0, 0.1) is 5.41 Å². The zero-order valence-corrected chi connectivity index (χ0v) is 19.8. The molecule has 0 fully saturated rings. The molecule has 2 N–H and O–H groups in total. The summed E-state index contributed by atoms with van der Waals surface area (Å²) in [6.45, 7) is 0. The maximum Gasteiger partial charge on any atom is 0.161 e. The number of aliphatic hydroxyl groups is 1. The third-order valence-corrected chi connectivity index (χ3v) is 6.95. The van der Waals surface area contributed by atoms with Gasteiger partial charge in [0.05, 0.1) is 0 Å². The molecule has 3 aromatic carbocycles. The summed E-state index contributed by atoms with van der Waals surface area (Å²) in [7, 11) is 0. The molecule has 170 valence electrons. The molecule has 3 aromatic rings. The number of anilines is 1. The monoisotopic (exact) mass is 488 g/mol. The molecule has 1 heterocycles. The van der Waals surface area contributed by atoms with Crippen molar-refractivity contribution >= 4 is 46.3 Å². The van der Waals surface area contributed by atoms with Gasteiger partial charge < -0.3 is 5.11 Å². The van der Waals surface area contributed by atoms with Crippen LogP contribution in [0.3, 0.4) is 0 Å².